The predicted molar refractivity (Wildman–Crippen MR) is 97.5 cm³/mol. The molecule has 0 saturated heterocycles. The van der Waals surface area contributed by atoms with E-state index < -0.39 is 5.91 Å². The van der Waals surface area contributed by atoms with Gasteiger partial charge in [-0.2, -0.15) is 0 Å². The molecule has 23 heavy (non-hydrogen) atoms. The molecule has 0 spiro atoms. The van der Waals surface area contributed by atoms with E-state index in [-0.39, 0.29) is 0 Å². The molecule has 5 heteroatoms. The van der Waals surface area contributed by atoms with E-state index in [1.807, 2.05) is 67.5 Å². The lowest BCUT2D eigenvalue weighted by molar-refractivity contribution is -0.112. The van der Waals surface area contributed by atoms with E-state index in [4.69, 9.17) is 5.73 Å². The van der Waals surface area contributed by atoms with Gasteiger partial charge in [-0.05, 0) is 35.9 Å². The van der Waals surface area contributed by atoms with Crippen molar-refractivity contribution in [3.05, 3.63) is 59.1 Å². The fourth-order valence-electron chi connectivity index (χ4n) is 2.26. The molecule has 2 N–H and O–H groups in total. The molecular formula is C18H17N3OS. The summed E-state index contributed by atoms with van der Waals surface area (Å²) in [4.78, 5) is 18.4. The van der Waals surface area contributed by atoms with Crippen LogP contribution in [-0.2, 0) is 4.79 Å². The minimum absolute atomic E-state index is 0.434. The van der Waals surface area contributed by atoms with Crippen LogP contribution in [0.15, 0.2) is 48.5 Å². The number of amides is 1. The van der Waals surface area contributed by atoms with Gasteiger partial charge in [0.25, 0.3) is 5.91 Å². The molecule has 116 valence electrons. The van der Waals surface area contributed by atoms with Crippen molar-refractivity contribution in [2.75, 3.05) is 19.0 Å². The van der Waals surface area contributed by atoms with Gasteiger partial charge in [0.15, 0.2) is 0 Å². The first-order valence-electron chi connectivity index (χ1n) is 7.19. The molecule has 4 nitrogen and oxygen atoms in total. The first-order valence-corrected chi connectivity index (χ1v) is 8.01. The smallest absolute Gasteiger partial charge is 0.251 e. The van der Waals surface area contributed by atoms with Crippen molar-refractivity contribution >= 4 is 44.8 Å². The molecule has 0 aliphatic heterocycles. The highest BCUT2D eigenvalue weighted by Crippen LogP contribution is 2.28. The molecule has 0 saturated carbocycles. The maximum atomic E-state index is 11.9. The van der Waals surface area contributed by atoms with Crippen LogP contribution < -0.4 is 10.6 Å². The molecule has 0 unspecified atom stereocenters. The van der Waals surface area contributed by atoms with Crippen molar-refractivity contribution in [2.45, 2.75) is 0 Å². The highest BCUT2D eigenvalue weighted by Gasteiger charge is 2.14. The lowest BCUT2D eigenvalue weighted by Crippen LogP contribution is -2.12. The van der Waals surface area contributed by atoms with E-state index in [1.54, 1.807) is 6.08 Å². The molecular weight excluding hydrogens is 306 g/mol. The summed E-state index contributed by atoms with van der Waals surface area (Å²) in [7, 11) is 3.97. The van der Waals surface area contributed by atoms with Gasteiger partial charge in [0.2, 0.25) is 0 Å². The van der Waals surface area contributed by atoms with Crippen molar-refractivity contribution in [1.82, 2.24) is 4.98 Å². The van der Waals surface area contributed by atoms with Crippen LogP contribution in [0.1, 0.15) is 10.6 Å². The van der Waals surface area contributed by atoms with Gasteiger partial charge in [-0.3, -0.25) is 4.79 Å². The molecule has 0 aliphatic carbocycles. The average Bonchev–Trinajstić information content (AvgIpc) is 2.96. The SMILES string of the molecule is CN(C)c1ccc(/C=C(/C(N)=O)c2nc3ccccc3s2)cc1. The highest BCUT2D eigenvalue weighted by atomic mass is 32.1. The standard InChI is InChI=1S/C18H17N3OS/c1-21(2)13-9-7-12(8-10-13)11-14(17(19)22)18-20-15-5-3-4-6-16(15)23-18/h3-11H,1-2H3,(H2,19,22)/b14-11-. The van der Waals surface area contributed by atoms with Gasteiger partial charge < -0.3 is 10.6 Å². The molecule has 0 atom stereocenters. The Morgan fingerprint density at radius 1 is 1.13 bits per heavy atom. The van der Waals surface area contributed by atoms with Crippen molar-refractivity contribution in [3.63, 3.8) is 0 Å². The Morgan fingerprint density at radius 2 is 1.83 bits per heavy atom. The zero-order chi connectivity index (χ0) is 16.4. The van der Waals surface area contributed by atoms with Gasteiger partial charge in [0, 0.05) is 19.8 Å². The molecule has 0 fully saturated rings. The lowest BCUT2D eigenvalue weighted by atomic mass is 10.1. The third-order valence-corrected chi connectivity index (χ3v) is 4.58. The molecule has 1 amide bonds. The van der Waals surface area contributed by atoms with E-state index >= 15 is 0 Å². The Kier molecular flexibility index (Phi) is 4.12. The molecule has 3 rings (SSSR count). The monoisotopic (exact) mass is 323 g/mol. The number of nitrogens with two attached hydrogens (primary N) is 1. The van der Waals surface area contributed by atoms with Crippen molar-refractivity contribution in [3.8, 4) is 0 Å². The van der Waals surface area contributed by atoms with Crippen molar-refractivity contribution in [2.24, 2.45) is 5.73 Å². The van der Waals surface area contributed by atoms with Crippen LogP contribution >= 0.6 is 11.3 Å². The zero-order valence-corrected chi connectivity index (χ0v) is 13.8. The summed E-state index contributed by atoms with van der Waals surface area (Å²) < 4.78 is 1.04. The second-order valence-corrected chi connectivity index (χ2v) is 6.43. The summed E-state index contributed by atoms with van der Waals surface area (Å²) in [5, 5.41) is 0.649. The Balaban J connectivity index is 2.02. The van der Waals surface area contributed by atoms with Gasteiger partial charge in [0.1, 0.15) is 5.01 Å². The summed E-state index contributed by atoms with van der Waals surface area (Å²) in [5.41, 5.74) is 8.90. The van der Waals surface area contributed by atoms with Crippen LogP contribution in [0.25, 0.3) is 21.9 Å². The number of nitrogens with zero attached hydrogens (tertiary/aromatic N) is 2. The normalized spacial score (nSPS) is 11.7. The maximum absolute atomic E-state index is 11.9. The van der Waals surface area contributed by atoms with E-state index in [0.717, 1.165) is 21.5 Å². The van der Waals surface area contributed by atoms with Crippen LogP contribution in [-0.4, -0.2) is 25.0 Å². The Labute approximate surface area is 138 Å². The number of fused-ring (bicyclic) bond motifs is 1. The number of thiazole rings is 1. The molecule has 0 bridgehead atoms. The number of carbonyl (C=O) groups is 1. The first kappa shape index (κ1) is 15.2. The quantitative estimate of drug-likeness (QED) is 0.749. The van der Waals surface area contributed by atoms with E-state index in [1.165, 1.54) is 11.3 Å². The summed E-state index contributed by atoms with van der Waals surface area (Å²) in [5.74, 6) is -0.472. The largest absolute Gasteiger partial charge is 0.378 e. The first-order chi connectivity index (χ1) is 11.0. The van der Waals surface area contributed by atoms with Crippen LogP contribution in [0.3, 0.4) is 0 Å². The fraction of sp³-hybridized carbons (Fsp3) is 0.111. The number of primary amides is 1. The Hall–Kier alpha value is -2.66. The summed E-state index contributed by atoms with van der Waals surface area (Å²) in [6.45, 7) is 0. The second-order valence-electron chi connectivity index (χ2n) is 5.39. The lowest BCUT2D eigenvalue weighted by Gasteiger charge is -2.12. The molecule has 1 heterocycles. The van der Waals surface area contributed by atoms with Gasteiger partial charge in [0.05, 0.1) is 15.8 Å². The third kappa shape index (κ3) is 3.24. The minimum Gasteiger partial charge on any atom is -0.378 e. The highest BCUT2D eigenvalue weighted by molar-refractivity contribution is 7.19. The minimum atomic E-state index is -0.472. The van der Waals surface area contributed by atoms with Crippen molar-refractivity contribution in [1.29, 1.82) is 0 Å². The number of para-hydroxylation sites is 1. The predicted octanol–water partition coefficient (Wildman–Crippen LogP) is 3.39. The molecule has 0 radical (unpaired) electrons. The van der Waals surface area contributed by atoms with Crippen LogP contribution in [0.5, 0.6) is 0 Å². The van der Waals surface area contributed by atoms with Crippen LogP contribution in [0, 0.1) is 0 Å². The van der Waals surface area contributed by atoms with E-state index in [9.17, 15) is 4.79 Å². The third-order valence-electron chi connectivity index (χ3n) is 3.51. The van der Waals surface area contributed by atoms with Gasteiger partial charge >= 0.3 is 0 Å². The molecule has 0 aliphatic rings. The van der Waals surface area contributed by atoms with Gasteiger partial charge in [-0.15, -0.1) is 11.3 Å². The number of carbonyl (C=O) groups excluding carboxylic acids is 1. The topological polar surface area (TPSA) is 59.2 Å². The number of benzene rings is 2. The van der Waals surface area contributed by atoms with E-state index in [0.29, 0.717) is 10.6 Å². The summed E-state index contributed by atoms with van der Waals surface area (Å²) >= 11 is 1.47. The maximum Gasteiger partial charge on any atom is 0.251 e. The number of aromatic nitrogens is 1. The Bertz CT molecular complexity index is 846. The van der Waals surface area contributed by atoms with Gasteiger partial charge in [-0.1, -0.05) is 24.3 Å². The number of hydrogen-bond donors (Lipinski definition) is 1. The van der Waals surface area contributed by atoms with E-state index in [2.05, 4.69) is 4.98 Å². The Morgan fingerprint density at radius 3 is 2.43 bits per heavy atom. The summed E-state index contributed by atoms with van der Waals surface area (Å²) in [6, 6.07) is 15.7. The van der Waals surface area contributed by atoms with Gasteiger partial charge in [-0.25, -0.2) is 4.98 Å². The zero-order valence-electron chi connectivity index (χ0n) is 13.0. The number of hydrogen-bond acceptors (Lipinski definition) is 4. The van der Waals surface area contributed by atoms with Crippen LogP contribution in [0.4, 0.5) is 5.69 Å². The average molecular weight is 323 g/mol. The number of anilines is 1. The molecule has 3 aromatic rings. The van der Waals surface area contributed by atoms with Crippen LogP contribution in [0.2, 0.25) is 0 Å². The summed E-state index contributed by atoms with van der Waals surface area (Å²) in [6.07, 6.45) is 1.79. The molecule has 2 aromatic carbocycles. The fourth-order valence-corrected chi connectivity index (χ4v) is 3.25. The second kappa shape index (κ2) is 6.22. The van der Waals surface area contributed by atoms with Crippen molar-refractivity contribution < 1.29 is 4.79 Å². The molecule has 1 aromatic heterocycles. The number of rotatable bonds is 4.